The fourth-order valence-corrected chi connectivity index (χ4v) is 2.27. The van der Waals surface area contributed by atoms with Crippen molar-refractivity contribution in [1.82, 2.24) is 0 Å². The normalized spacial score (nSPS) is 10.4. The number of esters is 2. The number of rotatable bonds is 2. The molecule has 0 aliphatic heterocycles. The zero-order chi connectivity index (χ0) is 16.4. The van der Waals surface area contributed by atoms with Crippen molar-refractivity contribution < 1.29 is 14.3 Å². The van der Waals surface area contributed by atoms with E-state index in [4.69, 9.17) is 16.2 Å². The molecule has 0 radical (unpaired) electrons. The number of nitrogens with two attached hydrogens (primary N) is 2. The van der Waals surface area contributed by atoms with Crippen LogP contribution in [-0.2, 0) is 4.74 Å². The van der Waals surface area contributed by atoms with Gasteiger partial charge in [-0.2, -0.15) is 0 Å². The zero-order valence-corrected chi connectivity index (χ0v) is 12.2. The molecule has 4 N–H and O–H groups in total. The second-order valence-electron chi connectivity index (χ2n) is 5.09. The van der Waals surface area contributed by atoms with Crippen LogP contribution in [0.2, 0.25) is 0 Å². The van der Waals surface area contributed by atoms with Crippen LogP contribution in [0.4, 0.5) is 11.4 Å². The summed E-state index contributed by atoms with van der Waals surface area (Å²) in [7, 11) is 0. The van der Waals surface area contributed by atoms with Crippen LogP contribution in [0, 0.1) is 0 Å². The molecule has 0 amide bonds. The van der Waals surface area contributed by atoms with Gasteiger partial charge in [0, 0.05) is 11.4 Å². The molecule has 0 saturated carbocycles. The van der Waals surface area contributed by atoms with E-state index in [9.17, 15) is 9.59 Å². The number of carbonyl (C=O) groups is 2. The monoisotopic (exact) mass is 306 g/mol. The number of benzene rings is 3. The third-order valence-electron chi connectivity index (χ3n) is 3.47. The van der Waals surface area contributed by atoms with E-state index in [1.165, 1.54) is 6.07 Å². The Bertz CT molecular complexity index is 919. The molecule has 3 rings (SSSR count). The number of hydrogen-bond donors (Lipinski definition) is 2. The van der Waals surface area contributed by atoms with Gasteiger partial charge in [0.25, 0.3) is 0 Å². The predicted molar refractivity (Wildman–Crippen MR) is 89.0 cm³/mol. The van der Waals surface area contributed by atoms with E-state index in [-0.39, 0.29) is 16.8 Å². The van der Waals surface area contributed by atoms with Crippen LogP contribution >= 0.6 is 0 Å². The Kier molecular flexibility index (Phi) is 3.68. The van der Waals surface area contributed by atoms with Crippen molar-refractivity contribution in [3.8, 4) is 0 Å². The number of fused-ring (bicyclic) bond motifs is 1. The van der Waals surface area contributed by atoms with Gasteiger partial charge < -0.3 is 16.2 Å². The van der Waals surface area contributed by atoms with Gasteiger partial charge in [0.15, 0.2) is 0 Å². The first-order chi connectivity index (χ1) is 11.0. The standard InChI is InChI=1S/C18H14N2O3/c19-14-8-7-11-9-13(6-5-12(11)10-14)17(21)23-18(22)15-3-1-2-4-16(15)20/h1-10H,19-20H2. The molecule has 0 aliphatic carbocycles. The lowest BCUT2D eigenvalue weighted by Crippen LogP contribution is -2.14. The van der Waals surface area contributed by atoms with E-state index in [1.807, 2.05) is 0 Å². The summed E-state index contributed by atoms with van der Waals surface area (Å²) in [5.74, 6) is -1.50. The number of carbonyl (C=O) groups excluding carboxylic acids is 2. The van der Waals surface area contributed by atoms with E-state index in [0.717, 1.165) is 10.8 Å². The van der Waals surface area contributed by atoms with Gasteiger partial charge in [0.05, 0.1) is 11.1 Å². The number of hydrogen-bond acceptors (Lipinski definition) is 5. The molecule has 5 nitrogen and oxygen atoms in total. The smallest absolute Gasteiger partial charge is 0.348 e. The molecule has 0 bridgehead atoms. The second kappa shape index (κ2) is 5.81. The molecule has 0 aliphatic rings. The van der Waals surface area contributed by atoms with Gasteiger partial charge in [-0.1, -0.05) is 24.3 Å². The van der Waals surface area contributed by atoms with Crippen LogP contribution in [0.1, 0.15) is 20.7 Å². The lowest BCUT2D eigenvalue weighted by atomic mass is 10.1. The van der Waals surface area contributed by atoms with Gasteiger partial charge in [-0.3, -0.25) is 0 Å². The molecule has 0 atom stereocenters. The summed E-state index contributed by atoms with van der Waals surface area (Å²) in [4.78, 5) is 24.2. The molecule has 5 heteroatoms. The maximum Gasteiger partial charge on any atom is 0.348 e. The third kappa shape index (κ3) is 2.98. The third-order valence-corrected chi connectivity index (χ3v) is 3.47. The lowest BCUT2D eigenvalue weighted by molar-refractivity contribution is 0.0398. The summed E-state index contributed by atoms with van der Waals surface area (Å²) in [5, 5.41) is 1.74. The van der Waals surface area contributed by atoms with Crippen LogP contribution in [0.25, 0.3) is 10.8 Å². The SMILES string of the molecule is Nc1ccc2cc(C(=O)OC(=O)c3ccccc3N)ccc2c1. The molecule has 0 heterocycles. The van der Waals surface area contributed by atoms with E-state index < -0.39 is 11.9 Å². The molecule has 0 saturated heterocycles. The maximum absolute atomic E-state index is 12.1. The fraction of sp³-hybridized carbons (Fsp3) is 0. The highest BCUT2D eigenvalue weighted by molar-refractivity contribution is 6.06. The molecule has 23 heavy (non-hydrogen) atoms. The average molecular weight is 306 g/mol. The molecule has 0 spiro atoms. The molecule has 0 fully saturated rings. The molecule has 114 valence electrons. The van der Waals surface area contributed by atoms with Crippen LogP contribution in [0.3, 0.4) is 0 Å². The van der Waals surface area contributed by atoms with Crippen molar-refractivity contribution in [3.05, 3.63) is 71.8 Å². The van der Waals surface area contributed by atoms with Gasteiger partial charge in [-0.25, -0.2) is 9.59 Å². The highest BCUT2D eigenvalue weighted by Crippen LogP contribution is 2.20. The summed E-state index contributed by atoms with van der Waals surface area (Å²) in [6, 6.07) is 16.8. The Morgan fingerprint density at radius 2 is 1.48 bits per heavy atom. The van der Waals surface area contributed by atoms with Gasteiger partial charge in [0.1, 0.15) is 0 Å². The highest BCUT2D eigenvalue weighted by Gasteiger charge is 2.17. The molecule has 3 aromatic carbocycles. The van der Waals surface area contributed by atoms with Crippen molar-refractivity contribution in [2.24, 2.45) is 0 Å². The Morgan fingerprint density at radius 1 is 0.783 bits per heavy atom. The maximum atomic E-state index is 12.1. The highest BCUT2D eigenvalue weighted by atomic mass is 16.6. The predicted octanol–water partition coefficient (Wildman–Crippen LogP) is 3.00. The van der Waals surface area contributed by atoms with Crippen molar-refractivity contribution in [2.75, 3.05) is 11.5 Å². The number of nitrogen functional groups attached to an aromatic ring is 2. The average Bonchev–Trinajstić information content (AvgIpc) is 2.54. The van der Waals surface area contributed by atoms with Gasteiger partial charge in [0.2, 0.25) is 0 Å². The quantitative estimate of drug-likeness (QED) is 0.431. The minimum Gasteiger partial charge on any atom is -0.399 e. The number of ether oxygens (including phenoxy) is 1. The minimum absolute atomic E-state index is 0.161. The summed E-state index contributed by atoms with van der Waals surface area (Å²) < 4.78 is 4.89. The van der Waals surface area contributed by atoms with Crippen LogP contribution < -0.4 is 11.5 Å². The first-order valence-corrected chi connectivity index (χ1v) is 6.95. The van der Waals surface area contributed by atoms with Gasteiger partial charge >= 0.3 is 11.9 Å². The Hall–Kier alpha value is -3.34. The number of anilines is 2. The van der Waals surface area contributed by atoms with Crippen LogP contribution in [0.5, 0.6) is 0 Å². The van der Waals surface area contributed by atoms with E-state index in [0.29, 0.717) is 5.69 Å². The Morgan fingerprint density at radius 3 is 2.26 bits per heavy atom. The molecule has 0 unspecified atom stereocenters. The Labute approximate surface area is 132 Å². The summed E-state index contributed by atoms with van der Waals surface area (Å²) in [6.45, 7) is 0. The molecular formula is C18H14N2O3. The lowest BCUT2D eigenvalue weighted by Gasteiger charge is -2.06. The van der Waals surface area contributed by atoms with Crippen molar-refractivity contribution >= 4 is 34.1 Å². The zero-order valence-electron chi connectivity index (χ0n) is 12.2. The summed E-state index contributed by atoms with van der Waals surface area (Å²) >= 11 is 0. The summed E-state index contributed by atoms with van der Waals surface area (Å²) in [5.41, 5.74) is 12.8. The molecule has 0 aromatic heterocycles. The minimum atomic E-state index is -0.773. The Balaban J connectivity index is 1.84. The van der Waals surface area contributed by atoms with Gasteiger partial charge in [-0.15, -0.1) is 0 Å². The molecule has 3 aromatic rings. The summed E-state index contributed by atoms with van der Waals surface area (Å²) in [6.07, 6.45) is 0. The number of para-hydroxylation sites is 1. The van der Waals surface area contributed by atoms with Gasteiger partial charge in [-0.05, 0) is 47.2 Å². The van der Waals surface area contributed by atoms with E-state index in [1.54, 1.807) is 54.6 Å². The van der Waals surface area contributed by atoms with E-state index >= 15 is 0 Å². The first-order valence-electron chi connectivity index (χ1n) is 6.95. The van der Waals surface area contributed by atoms with Crippen molar-refractivity contribution in [3.63, 3.8) is 0 Å². The van der Waals surface area contributed by atoms with Crippen molar-refractivity contribution in [1.29, 1.82) is 0 Å². The first kappa shape index (κ1) is 14.6. The second-order valence-corrected chi connectivity index (χ2v) is 5.09. The van der Waals surface area contributed by atoms with Crippen LogP contribution in [0.15, 0.2) is 60.7 Å². The van der Waals surface area contributed by atoms with Crippen LogP contribution in [-0.4, -0.2) is 11.9 Å². The van der Waals surface area contributed by atoms with E-state index in [2.05, 4.69) is 0 Å². The van der Waals surface area contributed by atoms with Crippen molar-refractivity contribution in [2.45, 2.75) is 0 Å². The topological polar surface area (TPSA) is 95.4 Å². The molecular weight excluding hydrogens is 292 g/mol. The fourth-order valence-electron chi connectivity index (χ4n) is 2.27. The largest absolute Gasteiger partial charge is 0.399 e.